The van der Waals surface area contributed by atoms with Crippen LogP contribution in [0.15, 0.2) is 42.7 Å². The minimum absolute atomic E-state index is 0.0301. The van der Waals surface area contributed by atoms with Gasteiger partial charge >= 0.3 is 6.18 Å². The summed E-state index contributed by atoms with van der Waals surface area (Å²) in [7, 11) is 1.88. The maximum absolute atomic E-state index is 14.2. The second-order valence-electron chi connectivity index (χ2n) is 11.0. The van der Waals surface area contributed by atoms with Crippen molar-refractivity contribution >= 4 is 23.2 Å². The fourth-order valence-corrected chi connectivity index (χ4v) is 6.21. The molecule has 0 saturated carbocycles. The van der Waals surface area contributed by atoms with Crippen LogP contribution in [0.4, 0.5) is 18.9 Å². The number of anilines is 1. The normalized spacial score (nSPS) is 20.9. The van der Waals surface area contributed by atoms with Gasteiger partial charge in [0, 0.05) is 49.1 Å². The number of aromatic nitrogens is 3. The van der Waals surface area contributed by atoms with E-state index in [1.54, 1.807) is 18.5 Å². The molecule has 3 aliphatic heterocycles. The summed E-state index contributed by atoms with van der Waals surface area (Å²) < 4.78 is 50.1. The van der Waals surface area contributed by atoms with Crippen LogP contribution in [0, 0.1) is 5.92 Å². The number of hydrogen-bond donors (Lipinski definition) is 0. The number of aryl methyl sites for hydroxylation is 1. The Labute approximate surface area is 229 Å². The summed E-state index contributed by atoms with van der Waals surface area (Å²) in [4.78, 5) is 17.1. The van der Waals surface area contributed by atoms with Crippen LogP contribution in [0.5, 0.6) is 0 Å². The van der Waals surface area contributed by atoms with Crippen LogP contribution < -0.4 is 4.90 Å². The van der Waals surface area contributed by atoms with Gasteiger partial charge in [0.15, 0.2) is 0 Å². The van der Waals surface area contributed by atoms with Gasteiger partial charge in [-0.15, -0.1) is 21.8 Å². The van der Waals surface area contributed by atoms with Gasteiger partial charge in [-0.05, 0) is 59.8 Å². The molecule has 1 amide bonds. The number of alkyl halides is 4. The fourth-order valence-electron chi connectivity index (χ4n) is 5.95. The SMILES string of the molecule is Cn1cnnc1CC1(c2cccc(N3Cc4c(cc(CN5CC[C@H](CCl)C5)cc4C(F)(F)F)C3=O)c2)COC1. The zero-order chi connectivity index (χ0) is 27.4. The number of hydrogen-bond acceptors (Lipinski definition) is 5. The van der Waals surface area contributed by atoms with Crippen molar-refractivity contribution in [3.63, 3.8) is 0 Å². The molecule has 2 saturated heterocycles. The quantitative estimate of drug-likeness (QED) is 0.397. The van der Waals surface area contributed by atoms with Crippen molar-refractivity contribution in [2.24, 2.45) is 13.0 Å². The van der Waals surface area contributed by atoms with Crippen LogP contribution in [-0.2, 0) is 42.9 Å². The zero-order valence-electron chi connectivity index (χ0n) is 21.5. The van der Waals surface area contributed by atoms with Crippen LogP contribution in [0.2, 0.25) is 0 Å². The highest BCUT2D eigenvalue weighted by Crippen LogP contribution is 2.42. The number of rotatable bonds is 7. The van der Waals surface area contributed by atoms with Crippen molar-refractivity contribution in [1.29, 1.82) is 0 Å². The average molecular weight is 560 g/mol. The third-order valence-electron chi connectivity index (χ3n) is 8.23. The molecule has 1 aromatic heterocycles. The Balaban J connectivity index is 1.30. The highest BCUT2D eigenvalue weighted by molar-refractivity contribution is 6.18. The molecule has 2 aromatic carbocycles. The van der Waals surface area contributed by atoms with Gasteiger partial charge in [-0.3, -0.25) is 9.69 Å². The molecule has 1 atom stereocenters. The average Bonchev–Trinajstić information content (AvgIpc) is 3.60. The number of likely N-dealkylation sites (tertiary alicyclic amines) is 1. The van der Waals surface area contributed by atoms with Crippen molar-refractivity contribution in [3.8, 4) is 0 Å². The summed E-state index contributed by atoms with van der Waals surface area (Å²) in [5.74, 6) is 1.27. The zero-order valence-corrected chi connectivity index (χ0v) is 22.3. The Morgan fingerprint density at radius 2 is 2.03 bits per heavy atom. The van der Waals surface area contributed by atoms with Crippen molar-refractivity contribution in [2.45, 2.75) is 37.5 Å². The molecule has 3 aliphatic rings. The number of carbonyl (C=O) groups is 1. The van der Waals surface area contributed by atoms with E-state index >= 15 is 0 Å². The molecule has 206 valence electrons. The highest BCUT2D eigenvalue weighted by Gasteiger charge is 2.43. The largest absolute Gasteiger partial charge is 0.416 e. The number of fused-ring (bicyclic) bond motifs is 1. The van der Waals surface area contributed by atoms with E-state index < -0.39 is 17.6 Å². The van der Waals surface area contributed by atoms with Crippen LogP contribution >= 0.6 is 11.6 Å². The Morgan fingerprint density at radius 1 is 1.21 bits per heavy atom. The molecular formula is C28H29ClF3N5O2. The fraction of sp³-hybridized carbons (Fsp3) is 0.464. The summed E-state index contributed by atoms with van der Waals surface area (Å²) in [6, 6.07) is 10.3. The Bertz CT molecular complexity index is 1400. The molecule has 0 radical (unpaired) electrons. The van der Waals surface area contributed by atoms with Gasteiger partial charge in [0.05, 0.1) is 25.3 Å². The lowest BCUT2D eigenvalue weighted by Gasteiger charge is -2.42. The van der Waals surface area contributed by atoms with Gasteiger partial charge in [-0.2, -0.15) is 13.2 Å². The van der Waals surface area contributed by atoms with Gasteiger partial charge in [0.25, 0.3) is 5.91 Å². The van der Waals surface area contributed by atoms with Crippen molar-refractivity contribution in [2.75, 3.05) is 37.1 Å². The van der Waals surface area contributed by atoms with E-state index in [1.807, 2.05) is 29.8 Å². The number of ether oxygens (including phenoxy) is 1. The van der Waals surface area contributed by atoms with Gasteiger partial charge < -0.3 is 14.2 Å². The predicted octanol–water partition coefficient (Wildman–Crippen LogP) is 4.57. The van der Waals surface area contributed by atoms with E-state index in [0.29, 0.717) is 49.2 Å². The molecule has 0 aliphatic carbocycles. The van der Waals surface area contributed by atoms with Crippen LogP contribution in [0.1, 0.15) is 44.9 Å². The lowest BCUT2D eigenvalue weighted by Crippen LogP contribution is -2.49. The predicted molar refractivity (Wildman–Crippen MR) is 140 cm³/mol. The lowest BCUT2D eigenvalue weighted by atomic mass is 9.75. The van der Waals surface area contributed by atoms with Gasteiger partial charge in [0.2, 0.25) is 0 Å². The molecule has 0 spiro atoms. The molecule has 11 heteroatoms. The first-order chi connectivity index (χ1) is 18.7. The second kappa shape index (κ2) is 9.91. The third kappa shape index (κ3) is 4.83. The molecule has 7 nitrogen and oxygen atoms in total. The first-order valence-corrected chi connectivity index (χ1v) is 13.5. The monoisotopic (exact) mass is 559 g/mol. The standard InChI is InChI=1S/C28H29ClF3N5O2/c1-35-17-33-34-25(35)10-27(15-39-16-27)20-3-2-4-21(9-20)37-14-23-22(26(37)38)7-19(8-24(23)28(30,31)32)13-36-6-5-18(11-29)12-36/h2-4,7-9,17-18H,5-6,10-16H2,1H3/t18-/m1/s1. The van der Waals surface area contributed by atoms with E-state index in [-0.39, 0.29) is 23.1 Å². The van der Waals surface area contributed by atoms with E-state index in [1.165, 1.54) is 11.0 Å². The summed E-state index contributed by atoms with van der Waals surface area (Å²) in [6.07, 6.45) is -1.40. The smallest absolute Gasteiger partial charge is 0.379 e. The summed E-state index contributed by atoms with van der Waals surface area (Å²) in [5, 5.41) is 8.18. The van der Waals surface area contributed by atoms with Gasteiger partial charge in [0.1, 0.15) is 12.2 Å². The lowest BCUT2D eigenvalue weighted by molar-refractivity contribution is -0.138. The van der Waals surface area contributed by atoms with E-state index in [0.717, 1.165) is 30.9 Å². The maximum Gasteiger partial charge on any atom is 0.416 e. The van der Waals surface area contributed by atoms with Crippen LogP contribution in [0.25, 0.3) is 0 Å². The number of carbonyl (C=O) groups excluding carboxylic acids is 1. The Morgan fingerprint density at radius 3 is 2.67 bits per heavy atom. The highest BCUT2D eigenvalue weighted by atomic mass is 35.5. The topological polar surface area (TPSA) is 63.5 Å². The van der Waals surface area contributed by atoms with E-state index in [9.17, 15) is 18.0 Å². The molecule has 0 N–H and O–H groups in total. The molecule has 2 fully saturated rings. The minimum Gasteiger partial charge on any atom is -0.379 e. The molecule has 4 heterocycles. The molecular weight excluding hydrogens is 531 g/mol. The molecule has 39 heavy (non-hydrogen) atoms. The van der Waals surface area contributed by atoms with Crippen LogP contribution in [-0.4, -0.2) is 57.8 Å². The van der Waals surface area contributed by atoms with Crippen LogP contribution in [0.3, 0.4) is 0 Å². The Hall–Kier alpha value is -2.95. The van der Waals surface area contributed by atoms with Crippen molar-refractivity contribution < 1.29 is 22.7 Å². The van der Waals surface area contributed by atoms with Crippen molar-refractivity contribution in [3.05, 3.63) is 76.4 Å². The summed E-state index contributed by atoms with van der Waals surface area (Å²) >= 11 is 5.99. The van der Waals surface area contributed by atoms with E-state index in [4.69, 9.17) is 16.3 Å². The van der Waals surface area contributed by atoms with Gasteiger partial charge in [-0.1, -0.05) is 12.1 Å². The number of amides is 1. The Kier molecular flexibility index (Phi) is 6.68. The van der Waals surface area contributed by atoms with Gasteiger partial charge in [-0.25, -0.2) is 0 Å². The molecule has 0 unspecified atom stereocenters. The second-order valence-corrected chi connectivity index (χ2v) is 11.3. The molecule has 0 bridgehead atoms. The minimum atomic E-state index is -4.56. The number of benzene rings is 2. The third-order valence-corrected chi connectivity index (χ3v) is 8.67. The number of nitrogens with zero attached hydrogens (tertiary/aromatic N) is 5. The molecule has 6 rings (SSSR count). The maximum atomic E-state index is 14.2. The van der Waals surface area contributed by atoms with E-state index in [2.05, 4.69) is 15.1 Å². The first kappa shape index (κ1) is 26.3. The molecule has 3 aromatic rings. The number of halogens is 4. The van der Waals surface area contributed by atoms with Crippen molar-refractivity contribution in [1.82, 2.24) is 19.7 Å². The summed E-state index contributed by atoms with van der Waals surface area (Å²) in [5.41, 5.74) is 1.10. The first-order valence-electron chi connectivity index (χ1n) is 13.0. The summed E-state index contributed by atoms with van der Waals surface area (Å²) in [6.45, 7) is 2.73.